The maximum Gasteiger partial charge on any atom is 0.267 e. The molecule has 1 amide bonds. The fourth-order valence-corrected chi connectivity index (χ4v) is 2.62. The van der Waals surface area contributed by atoms with Crippen LogP contribution >= 0.6 is 11.6 Å². The minimum absolute atomic E-state index is 0.171. The second-order valence-electron chi connectivity index (χ2n) is 5.21. The number of hydrogen-bond donors (Lipinski definition) is 1. The van der Waals surface area contributed by atoms with E-state index in [4.69, 9.17) is 21.1 Å². The zero-order chi connectivity index (χ0) is 19.5. The highest BCUT2D eigenvalue weighted by Gasteiger charge is 2.19. The number of amides is 1. The molecule has 6 nitrogen and oxygen atoms in total. The Morgan fingerprint density at radius 2 is 1.85 bits per heavy atom. The van der Waals surface area contributed by atoms with E-state index in [1.54, 1.807) is 4.72 Å². The summed E-state index contributed by atoms with van der Waals surface area (Å²) in [7, 11) is -2.51. The van der Waals surface area contributed by atoms with Crippen LogP contribution < -0.4 is 14.2 Å². The highest BCUT2D eigenvalue weighted by molar-refractivity contribution is 7.89. The lowest BCUT2D eigenvalue weighted by atomic mass is 10.1. The van der Waals surface area contributed by atoms with E-state index in [0.29, 0.717) is 16.8 Å². The Morgan fingerprint density at radius 3 is 2.46 bits per heavy atom. The average Bonchev–Trinajstić information content (AvgIpc) is 2.54. The number of sulfonamides is 1. The number of hydrogen-bond acceptors (Lipinski definition) is 5. The molecule has 0 saturated heterocycles. The maximum absolute atomic E-state index is 14.1. The van der Waals surface area contributed by atoms with Crippen molar-refractivity contribution in [1.82, 2.24) is 4.72 Å². The van der Waals surface area contributed by atoms with Crippen LogP contribution in [0.25, 0.3) is 0 Å². The van der Waals surface area contributed by atoms with Gasteiger partial charge in [-0.25, -0.2) is 21.9 Å². The molecule has 2 aromatic rings. The molecule has 0 aliphatic heterocycles. The molecule has 0 fully saturated rings. The van der Waals surface area contributed by atoms with Crippen molar-refractivity contribution >= 4 is 27.5 Å². The van der Waals surface area contributed by atoms with Crippen molar-refractivity contribution in [3.63, 3.8) is 0 Å². The molecule has 0 spiro atoms. The number of ether oxygens (including phenoxy) is 2. The first-order chi connectivity index (χ1) is 12.1. The summed E-state index contributed by atoms with van der Waals surface area (Å²) in [6.07, 6.45) is 0.723. The van der Waals surface area contributed by atoms with Crippen LogP contribution in [0.2, 0.25) is 5.02 Å². The van der Waals surface area contributed by atoms with Gasteiger partial charge in [-0.2, -0.15) is 0 Å². The Hall–Kier alpha value is -2.39. The van der Waals surface area contributed by atoms with Crippen molar-refractivity contribution in [1.29, 1.82) is 0 Å². The normalized spacial score (nSPS) is 11.1. The van der Waals surface area contributed by atoms with E-state index in [9.17, 15) is 22.0 Å². The summed E-state index contributed by atoms with van der Waals surface area (Å²) in [6, 6.07) is 5.90. The van der Waals surface area contributed by atoms with Crippen molar-refractivity contribution in [2.75, 3.05) is 13.4 Å². The molecular weight excluding hydrogens is 392 g/mol. The monoisotopic (exact) mass is 405 g/mol. The molecule has 2 aromatic carbocycles. The quantitative estimate of drug-likeness (QED) is 0.799. The van der Waals surface area contributed by atoms with Crippen LogP contribution in [0.3, 0.4) is 0 Å². The van der Waals surface area contributed by atoms with Gasteiger partial charge in [0.05, 0.1) is 18.9 Å². The zero-order valence-corrected chi connectivity index (χ0v) is 15.2. The Bertz CT molecular complexity index is 950. The molecule has 0 aromatic heterocycles. The molecule has 0 bridgehead atoms. The SMILES string of the molecule is COc1cc(Cl)ccc1OCc1cc(F)c(C(=O)NS(C)(=O)=O)cc1F. The van der Waals surface area contributed by atoms with E-state index < -0.39 is 33.1 Å². The zero-order valence-electron chi connectivity index (χ0n) is 13.7. The molecule has 0 unspecified atom stereocenters. The minimum atomic E-state index is -3.91. The molecule has 0 aliphatic carbocycles. The van der Waals surface area contributed by atoms with Gasteiger partial charge in [-0.1, -0.05) is 11.6 Å². The Morgan fingerprint density at radius 1 is 1.15 bits per heavy atom. The lowest BCUT2D eigenvalue weighted by molar-refractivity contribution is 0.0977. The molecule has 0 atom stereocenters. The van der Waals surface area contributed by atoms with Gasteiger partial charge < -0.3 is 9.47 Å². The Balaban J connectivity index is 2.22. The first-order valence-electron chi connectivity index (χ1n) is 7.07. The number of methoxy groups -OCH3 is 1. The molecule has 140 valence electrons. The van der Waals surface area contributed by atoms with Gasteiger partial charge in [0.15, 0.2) is 11.5 Å². The predicted molar refractivity (Wildman–Crippen MR) is 91.0 cm³/mol. The molecule has 0 radical (unpaired) electrons. The molecule has 0 aliphatic rings. The third-order valence-electron chi connectivity index (χ3n) is 3.17. The van der Waals surface area contributed by atoms with Crippen molar-refractivity contribution in [3.8, 4) is 11.5 Å². The topological polar surface area (TPSA) is 81.7 Å². The van der Waals surface area contributed by atoms with Gasteiger partial charge in [0.2, 0.25) is 10.0 Å². The van der Waals surface area contributed by atoms with Gasteiger partial charge in [-0.3, -0.25) is 4.79 Å². The standard InChI is InChI=1S/C16H14ClF2NO5S/c1-24-15-6-10(17)3-4-14(15)25-8-9-5-13(19)11(7-12(9)18)16(21)20-26(2,22)23/h3-7H,8H2,1-2H3,(H,20,21). The van der Waals surface area contributed by atoms with Crippen LogP contribution in [0.4, 0.5) is 8.78 Å². The van der Waals surface area contributed by atoms with E-state index in [1.165, 1.54) is 25.3 Å². The number of nitrogens with one attached hydrogen (secondary N) is 1. The van der Waals surface area contributed by atoms with Gasteiger partial charge in [0, 0.05) is 16.7 Å². The average molecular weight is 406 g/mol. The second-order valence-corrected chi connectivity index (χ2v) is 7.40. The molecule has 10 heteroatoms. The highest BCUT2D eigenvalue weighted by atomic mass is 35.5. The number of carbonyl (C=O) groups is 1. The van der Waals surface area contributed by atoms with Crippen LogP contribution in [0.1, 0.15) is 15.9 Å². The van der Waals surface area contributed by atoms with Crippen molar-refractivity contribution < 1.29 is 31.5 Å². The smallest absolute Gasteiger partial charge is 0.267 e. The summed E-state index contributed by atoms with van der Waals surface area (Å²) in [5.74, 6) is -2.72. The Kier molecular flexibility index (Phi) is 6.04. The second kappa shape index (κ2) is 7.88. The van der Waals surface area contributed by atoms with Gasteiger partial charge >= 0.3 is 0 Å². The van der Waals surface area contributed by atoms with Crippen LogP contribution in [0, 0.1) is 11.6 Å². The van der Waals surface area contributed by atoms with Gasteiger partial charge in [0.1, 0.15) is 18.2 Å². The fraction of sp³-hybridized carbons (Fsp3) is 0.188. The van der Waals surface area contributed by atoms with Crippen molar-refractivity contribution in [3.05, 3.63) is 58.1 Å². The molecule has 1 N–H and O–H groups in total. The van der Waals surface area contributed by atoms with Crippen LogP contribution in [0.5, 0.6) is 11.5 Å². The summed E-state index contributed by atoms with van der Waals surface area (Å²) in [5.41, 5.74) is -0.906. The first-order valence-corrected chi connectivity index (χ1v) is 9.34. The fourth-order valence-electron chi connectivity index (χ4n) is 2.01. The number of rotatable bonds is 6. The molecular formula is C16H14ClF2NO5S. The molecule has 26 heavy (non-hydrogen) atoms. The molecule has 0 heterocycles. The summed E-state index contributed by atoms with van der Waals surface area (Å²) in [5, 5.41) is 0.410. The number of halogens is 3. The summed E-state index contributed by atoms with van der Waals surface area (Å²) in [4.78, 5) is 11.7. The van der Waals surface area contributed by atoms with E-state index >= 15 is 0 Å². The lowest BCUT2D eigenvalue weighted by Gasteiger charge is -2.12. The summed E-state index contributed by atoms with van der Waals surface area (Å²) < 4.78 is 62.3. The van der Waals surface area contributed by atoms with Gasteiger partial charge in [0.25, 0.3) is 5.91 Å². The van der Waals surface area contributed by atoms with E-state index in [0.717, 1.165) is 12.3 Å². The van der Waals surface area contributed by atoms with Crippen molar-refractivity contribution in [2.45, 2.75) is 6.61 Å². The highest BCUT2D eigenvalue weighted by Crippen LogP contribution is 2.31. The number of benzene rings is 2. The van der Waals surface area contributed by atoms with Gasteiger partial charge in [-0.15, -0.1) is 0 Å². The van der Waals surface area contributed by atoms with Gasteiger partial charge in [-0.05, 0) is 24.3 Å². The van der Waals surface area contributed by atoms with E-state index in [1.807, 2.05) is 0 Å². The minimum Gasteiger partial charge on any atom is -0.493 e. The third-order valence-corrected chi connectivity index (χ3v) is 3.96. The van der Waals surface area contributed by atoms with E-state index in [2.05, 4.69) is 0 Å². The number of carbonyl (C=O) groups excluding carboxylic acids is 1. The third kappa shape index (κ3) is 5.06. The van der Waals surface area contributed by atoms with Crippen LogP contribution in [-0.2, 0) is 16.6 Å². The lowest BCUT2D eigenvalue weighted by Crippen LogP contribution is -2.30. The van der Waals surface area contributed by atoms with E-state index in [-0.39, 0.29) is 17.9 Å². The predicted octanol–water partition coefficient (Wildman–Crippen LogP) is 2.90. The Labute approximate surface area is 153 Å². The first kappa shape index (κ1) is 19.9. The summed E-state index contributed by atoms with van der Waals surface area (Å²) >= 11 is 5.83. The molecule has 0 saturated carbocycles. The summed E-state index contributed by atoms with van der Waals surface area (Å²) in [6.45, 7) is -0.352. The van der Waals surface area contributed by atoms with Crippen molar-refractivity contribution in [2.24, 2.45) is 0 Å². The van der Waals surface area contributed by atoms with Crippen LogP contribution in [-0.4, -0.2) is 27.7 Å². The molecule has 2 rings (SSSR count). The maximum atomic E-state index is 14.1. The van der Waals surface area contributed by atoms with Crippen LogP contribution in [0.15, 0.2) is 30.3 Å². The largest absolute Gasteiger partial charge is 0.493 e.